The first kappa shape index (κ1) is 23.2. The maximum Gasteiger partial charge on any atom is 0.244 e. The van der Waals surface area contributed by atoms with Gasteiger partial charge in [0.15, 0.2) is 0 Å². The number of aryl methyl sites for hydroxylation is 3. The average molecular weight is 437 g/mol. The Balaban J connectivity index is 2.34. The number of carbonyl (C=O) groups excluding carboxylic acids is 1. The van der Waals surface area contributed by atoms with E-state index >= 15 is 0 Å². The van der Waals surface area contributed by atoms with Crippen LogP contribution in [0.2, 0.25) is 5.02 Å². The number of carbonyl (C=O) groups is 1. The molecule has 0 unspecified atom stereocenters. The molecule has 0 aliphatic rings. The zero-order chi connectivity index (χ0) is 21.9. The summed E-state index contributed by atoms with van der Waals surface area (Å²) in [7, 11) is -3.70. The van der Waals surface area contributed by atoms with E-state index in [0.29, 0.717) is 17.1 Å². The average Bonchev–Trinajstić information content (AvgIpc) is 2.63. The molecule has 0 saturated carbocycles. The van der Waals surface area contributed by atoms with Gasteiger partial charge in [0.2, 0.25) is 15.9 Å². The fraction of sp³-hybridized carbons (Fsp3) is 0.409. The van der Waals surface area contributed by atoms with Gasteiger partial charge in [-0.05, 0) is 68.5 Å². The van der Waals surface area contributed by atoms with E-state index in [-0.39, 0.29) is 11.9 Å². The molecule has 158 valence electrons. The van der Waals surface area contributed by atoms with E-state index in [9.17, 15) is 13.2 Å². The van der Waals surface area contributed by atoms with Crippen LogP contribution in [-0.4, -0.2) is 26.6 Å². The number of sulfonamides is 1. The molecule has 0 aliphatic carbocycles. The second kappa shape index (κ2) is 9.18. The van der Waals surface area contributed by atoms with Gasteiger partial charge < -0.3 is 5.32 Å². The smallest absolute Gasteiger partial charge is 0.244 e. The van der Waals surface area contributed by atoms with Crippen LogP contribution in [0.5, 0.6) is 0 Å². The van der Waals surface area contributed by atoms with Crippen molar-refractivity contribution in [2.75, 3.05) is 10.6 Å². The van der Waals surface area contributed by atoms with Crippen LogP contribution in [0, 0.1) is 20.8 Å². The monoisotopic (exact) mass is 436 g/mol. The Morgan fingerprint density at radius 3 is 2.21 bits per heavy atom. The van der Waals surface area contributed by atoms with Crippen molar-refractivity contribution in [3.05, 3.63) is 63.7 Å². The first-order valence-electron chi connectivity index (χ1n) is 9.58. The van der Waals surface area contributed by atoms with Gasteiger partial charge in [-0.15, -0.1) is 0 Å². The largest absolute Gasteiger partial charge is 0.348 e. The SMILES string of the molecule is CC[C@@H](C(=O)N[C@@H](C)c1ccc(C)c(C)c1)N(c1ccc(C)c(Cl)c1)S(C)(=O)=O. The van der Waals surface area contributed by atoms with Gasteiger partial charge in [-0.2, -0.15) is 0 Å². The number of rotatable bonds is 7. The second-order valence-corrected chi connectivity index (χ2v) is 9.76. The number of amides is 1. The normalized spacial score (nSPS) is 13.6. The minimum atomic E-state index is -3.70. The van der Waals surface area contributed by atoms with Crippen molar-refractivity contribution >= 4 is 33.2 Å². The molecule has 0 saturated heterocycles. The predicted octanol–water partition coefficient (Wildman–Crippen LogP) is 4.69. The van der Waals surface area contributed by atoms with E-state index in [0.717, 1.165) is 27.3 Å². The number of nitrogens with zero attached hydrogens (tertiary/aromatic N) is 1. The van der Waals surface area contributed by atoms with Crippen LogP contribution in [0.25, 0.3) is 0 Å². The van der Waals surface area contributed by atoms with Crippen molar-refractivity contribution in [1.29, 1.82) is 0 Å². The molecule has 0 aromatic heterocycles. The van der Waals surface area contributed by atoms with E-state index in [1.807, 2.05) is 45.9 Å². The Bertz CT molecular complexity index is 1010. The van der Waals surface area contributed by atoms with Crippen LogP contribution in [0.1, 0.15) is 48.6 Å². The Labute approximate surface area is 179 Å². The van der Waals surface area contributed by atoms with E-state index in [4.69, 9.17) is 11.6 Å². The molecule has 0 aliphatic heterocycles. The lowest BCUT2D eigenvalue weighted by molar-refractivity contribution is -0.122. The van der Waals surface area contributed by atoms with Crippen molar-refractivity contribution in [2.45, 2.75) is 53.1 Å². The molecule has 2 aromatic rings. The second-order valence-electron chi connectivity index (χ2n) is 7.49. The van der Waals surface area contributed by atoms with Gasteiger partial charge in [0.05, 0.1) is 18.0 Å². The highest BCUT2D eigenvalue weighted by atomic mass is 35.5. The molecule has 0 spiro atoms. The van der Waals surface area contributed by atoms with E-state index in [1.54, 1.807) is 25.1 Å². The highest BCUT2D eigenvalue weighted by molar-refractivity contribution is 7.92. The molecule has 0 heterocycles. The lowest BCUT2D eigenvalue weighted by atomic mass is 10.0. The standard InChI is InChI=1S/C22H29ClN2O3S/c1-7-21(22(26)24-17(5)18-10-8-14(2)16(4)12-18)25(29(6,27)28)19-11-9-15(3)20(23)13-19/h8-13,17,21H,7H2,1-6H3,(H,24,26)/t17-,21-/m0/s1. The van der Waals surface area contributed by atoms with Gasteiger partial charge in [-0.25, -0.2) is 8.42 Å². The molecule has 29 heavy (non-hydrogen) atoms. The molecular formula is C22H29ClN2O3S. The van der Waals surface area contributed by atoms with Gasteiger partial charge in [0, 0.05) is 5.02 Å². The summed E-state index contributed by atoms with van der Waals surface area (Å²) in [5.41, 5.74) is 4.51. The lowest BCUT2D eigenvalue weighted by Crippen LogP contribution is -2.49. The third-order valence-electron chi connectivity index (χ3n) is 5.13. The predicted molar refractivity (Wildman–Crippen MR) is 120 cm³/mol. The zero-order valence-corrected chi connectivity index (χ0v) is 19.4. The van der Waals surface area contributed by atoms with Crippen LogP contribution in [0.15, 0.2) is 36.4 Å². The molecule has 2 rings (SSSR count). The van der Waals surface area contributed by atoms with Crippen LogP contribution >= 0.6 is 11.6 Å². The number of nitrogens with one attached hydrogen (secondary N) is 1. The maximum absolute atomic E-state index is 13.1. The minimum Gasteiger partial charge on any atom is -0.348 e. The molecular weight excluding hydrogens is 408 g/mol. The highest BCUT2D eigenvalue weighted by Crippen LogP contribution is 2.28. The number of anilines is 1. The molecule has 5 nitrogen and oxygen atoms in total. The molecule has 2 atom stereocenters. The molecule has 7 heteroatoms. The van der Waals surface area contributed by atoms with E-state index in [2.05, 4.69) is 5.32 Å². The number of hydrogen-bond donors (Lipinski definition) is 1. The first-order chi connectivity index (χ1) is 13.5. The molecule has 0 radical (unpaired) electrons. The maximum atomic E-state index is 13.1. The van der Waals surface area contributed by atoms with Crippen LogP contribution < -0.4 is 9.62 Å². The fourth-order valence-electron chi connectivity index (χ4n) is 3.21. The Hall–Kier alpha value is -2.05. The van der Waals surface area contributed by atoms with Gasteiger partial charge in [-0.1, -0.05) is 42.8 Å². The minimum absolute atomic E-state index is 0.251. The molecule has 1 amide bonds. The Morgan fingerprint density at radius 2 is 1.69 bits per heavy atom. The fourth-order valence-corrected chi connectivity index (χ4v) is 4.58. The van der Waals surface area contributed by atoms with Gasteiger partial charge in [0.25, 0.3) is 0 Å². The molecule has 0 bridgehead atoms. The summed E-state index contributed by atoms with van der Waals surface area (Å²) < 4.78 is 26.3. The van der Waals surface area contributed by atoms with Gasteiger partial charge in [0.1, 0.15) is 6.04 Å². The quantitative estimate of drug-likeness (QED) is 0.684. The van der Waals surface area contributed by atoms with Crippen molar-refractivity contribution in [1.82, 2.24) is 5.32 Å². The lowest BCUT2D eigenvalue weighted by Gasteiger charge is -2.31. The summed E-state index contributed by atoms with van der Waals surface area (Å²) in [5.74, 6) is -0.347. The molecule has 1 N–H and O–H groups in total. The summed E-state index contributed by atoms with van der Waals surface area (Å²) in [4.78, 5) is 13.1. The van der Waals surface area contributed by atoms with Crippen molar-refractivity contribution in [3.8, 4) is 0 Å². The van der Waals surface area contributed by atoms with Crippen molar-refractivity contribution in [2.24, 2.45) is 0 Å². The third kappa shape index (κ3) is 5.52. The Morgan fingerprint density at radius 1 is 1.07 bits per heavy atom. The molecule has 0 fully saturated rings. The number of halogens is 1. The third-order valence-corrected chi connectivity index (χ3v) is 6.72. The first-order valence-corrected chi connectivity index (χ1v) is 11.8. The summed E-state index contributed by atoms with van der Waals surface area (Å²) >= 11 is 6.21. The molecule has 2 aromatic carbocycles. The van der Waals surface area contributed by atoms with E-state index < -0.39 is 16.1 Å². The highest BCUT2D eigenvalue weighted by Gasteiger charge is 2.32. The number of hydrogen-bond acceptors (Lipinski definition) is 3. The summed E-state index contributed by atoms with van der Waals surface area (Å²) in [6.07, 6.45) is 1.42. The number of benzene rings is 2. The van der Waals surface area contributed by atoms with Crippen molar-refractivity contribution < 1.29 is 13.2 Å². The zero-order valence-electron chi connectivity index (χ0n) is 17.8. The summed E-state index contributed by atoms with van der Waals surface area (Å²) in [6, 6.07) is 9.90. The van der Waals surface area contributed by atoms with Crippen LogP contribution in [-0.2, 0) is 14.8 Å². The summed E-state index contributed by atoms with van der Waals surface area (Å²) in [5, 5.41) is 3.42. The van der Waals surface area contributed by atoms with Crippen LogP contribution in [0.3, 0.4) is 0 Å². The Kier molecular flexibility index (Phi) is 7.35. The van der Waals surface area contributed by atoms with E-state index in [1.165, 1.54) is 5.56 Å². The topological polar surface area (TPSA) is 66.5 Å². The summed E-state index contributed by atoms with van der Waals surface area (Å²) in [6.45, 7) is 9.58. The van der Waals surface area contributed by atoms with Gasteiger partial charge in [-0.3, -0.25) is 9.10 Å². The van der Waals surface area contributed by atoms with Crippen molar-refractivity contribution in [3.63, 3.8) is 0 Å². The van der Waals surface area contributed by atoms with Crippen LogP contribution in [0.4, 0.5) is 5.69 Å². The van der Waals surface area contributed by atoms with Gasteiger partial charge >= 0.3 is 0 Å².